The van der Waals surface area contributed by atoms with Crippen molar-refractivity contribution >= 4 is 39.8 Å². The van der Waals surface area contributed by atoms with Gasteiger partial charge in [-0.3, -0.25) is 4.79 Å². The van der Waals surface area contributed by atoms with E-state index in [-0.39, 0.29) is 5.69 Å². The Kier molecular flexibility index (Phi) is 7.57. The zero-order valence-corrected chi connectivity index (χ0v) is 18.3. The van der Waals surface area contributed by atoms with E-state index in [1.807, 2.05) is 42.5 Å². The molecule has 4 rings (SSSR count). The summed E-state index contributed by atoms with van der Waals surface area (Å²) in [5.41, 5.74) is 9.26. The molecule has 0 unspecified atom stereocenters. The third-order valence-electron chi connectivity index (χ3n) is 5.21. The van der Waals surface area contributed by atoms with Crippen molar-refractivity contribution in [3.05, 3.63) is 60.3 Å². The standard InChI is InChI=1S/C21H23N5O.C2HF3O2/c1-25-10-12-26(13-11-25)17-8-6-16(7-9-17)23-19-14-15-4-2-3-5-18(15)24-20(19)21(22)27;3-2(4,5)1(6)7/h2-9,14,23H,10-13H2,1H3,(H2,22,27);(H,6,7). The number of fused-ring (bicyclic) bond motifs is 1. The number of amides is 1. The van der Waals surface area contributed by atoms with Gasteiger partial charge in [0, 0.05) is 42.9 Å². The average molecular weight is 475 g/mol. The number of hydrogen-bond donors (Lipinski definition) is 3. The molecule has 1 fully saturated rings. The molecule has 8 nitrogen and oxygen atoms in total. The highest BCUT2D eigenvalue weighted by Gasteiger charge is 2.38. The SMILES string of the molecule is CN1CCN(c2ccc(Nc3cc4ccccc4nc3C(N)=O)cc2)CC1.O=C(O)C(F)(F)F. The molecule has 3 aromatic rings. The number of carbonyl (C=O) groups is 2. The van der Waals surface area contributed by atoms with Gasteiger partial charge >= 0.3 is 12.1 Å². The number of benzene rings is 2. The number of carboxylic acid groups (broad SMARTS) is 1. The number of hydrogen-bond acceptors (Lipinski definition) is 6. The molecular weight excluding hydrogens is 451 g/mol. The summed E-state index contributed by atoms with van der Waals surface area (Å²) in [5, 5.41) is 11.4. The molecule has 0 spiro atoms. The Morgan fingerprint density at radius 3 is 2.18 bits per heavy atom. The van der Waals surface area contributed by atoms with Crippen LogP contribution in [0.5, 0.6) is 0 Å². The highest BCUT2D eigenvalue weighted by atomic mass is 19.4. The average Bonchev–Trinajstić information content (AvgIpc) is 2.79. The van der Waals surface area contributed by atoms with Gasteiger partial charge in [-0.2, -0.15) is 13.2 Å². The van der Waals surface area contributed by atoms with Crippen LogP contribution in [0.15, 0.2) is 54.6 Å². The maximum Gasteiger partial charge on any atom is 0.490 e. The first-order chi connectivity index (χ1) is 16.0. The van der Waals surface area contributed by atoms with Gasteiger partial charge in [-0.1, -0.05) is 18.2 Å². The lowest BCUT2D eigenvalue weighted by atomic mass is 10.1. The number of likely N-dealkylation sites (N-methyl/N-ethyl adjacent to an activating group) is 1. The number of nitrogens with two attached hydrogens (primary N) is 1. The first kappa shape index (κ1) is 24.8. The summed E-state index contributed by atoms with van der Waals surface area (Å²) in [6, 6.07) is 17.8. The van der Waals surface area contributed by atoms with E-state index in [1.165, 1.54) is 5.69 Å². The summed E-state index contributed by atoms with van der Waals surface area (Å²) in [6.07, 6.45) is -5.08. The number of nitrogens with one attached hydrogen (secondary N) is 1. The van der Waals surface area contributed by atoms with E-state index < -0.39 is 18.1 Å². The zero-order chi connectivity index (χ0) is 24.9. The number of carboxylic acids is 1. The smallest absolute Gasteiger partial charge is 0.475 e. The van der Waals surface area contributed by atoms with Crippen LogP contribution in [0.1, 0.15) is 10.5 Å². The van der Waals surface area contributed by atoms with Crippen LogP contribution in [-0.2, 0) is 4.79 Å². The quantitative estimate of drug-likeness (QED) is 0.530. The molecule has 1 aliphatic heterocycles. The fourth-order valence-corrected chi connectivity index (χ4v) is 3.37. The molecule has 0 radical (unpaired) electrons. The molecule has 0 saturated carbocycles. The summed E-state index contributed by atoms with van der Waals surface area (Å²) in [5.74, 6) is -3.30. The third kappa shape index (κ3) is 6.35. The largest absolute Gasteiger partial charge is 0.490 e. The van der Waals surface area contributed by atoms with Crippen molar-refractivity contribution in [1.82, 2.24) is 9.88 Å². The maximum atomic E-state index is 11.9. The Morgan fingerprint density at radius 2 is 1.62 bits per heavy atom. The van der Waals surface area contributed by atoms with Crippen LogP contribution >= 0.6 is 0 Å². The van der Waals surface area contributed by atoms with E-state index in [2.05, 4.69) is 39.3 Å². The second kappa shape index (κ2) is 10.4. The number of nitrogens with zero attached hydrogens (tertiary/aromatic N) is 3. The van der Waals surface area contributed by atoms with Gasteiger partial charge in [-0.15, -0.1) is 0 Å². The third-order valence-corrected chi connectivity index (χ3v) is 5.21. The lowest BCUT2D eigenvalue weighted by Crippen LogP contribution is -2.44. The molecule has 0 aliphatic carbocycles. The molecule has 2 heterocycles. The first-order valence-corrected chi connectivity index (χ1v) is 10.3. The van der Waals surface area contributed by atoms with E-state index >= 15 is 0 Å². The van der Waals surface area contributed by atoms with E-state index in [4.69, 9.17) is 15.6 Å². The van der Waals surface area contributed by atoms with Crippen LogP contribution in [0.2, 0.25) is 0 Å². The highest BCUT2D eigenvalue weighted by molar-refractivity contribution is 6.00. The van der Waals surface area contributed by atoms with E-state index in [1.54, 1.807) is 0 Å². The topological polar surface area (TPSA) is 112 Å². The van der Waals surface area contributed by atoms with Crippen molar-refractivity contribution in [1.29, 1.82) is 0 Å². The second-order valence-electron chi connectivity index (χ2n) is 7.71. The Labute approximate surface area is 193 Å². The van der Waals surface area contributed by atoms with Gasteiger partial charge in [0.05, 0.1) is 11.2 Å². The van der Waals surface area contributed by atoms with Crippen molar-refractivity contribution in [2.75, 3.05) is 43.4 Å². The minimum absolute atomic E-state index is 0.247. The number of pyridine rings is 1. The summed E-state index contributed by atoms with van der Waals surface area (Å²) < 4.78 is 31.7. The molecule has 11 heteroatoms. The molecule has 180 valence electrons. The van der Waals surface area contributed by atoms with Gasteiger partial charge in [-0.05, 0) is 43.4 Å². The number of primary amides is 1. The number of halogens is 3. The van der Waals surface area contributed by atoms with Gasteiger partial charge in [-0.25, -0.2) is 9.78 Å². The molecule has 0 atom stereocenters. The monoisotopic (exact) mass is 475 g/mol. The zero-order valence-electron chi connectivity index (χ0n) is 18.3. The van der Waals surface area contributed by atoms with Gasteiger partial charge in [0.2, 0.25) is 0 Å². The molecule has 1 aliphatic rings. The van der Waals surface area contributed by atoms with Crippen LogP contribution in [0.25, 0.3) is 10.9 Å². The number of rotatable bonds is 4. The van der Waals surface area contributed by atoms with Crippen LogP contribution in [-0.4, -0.2) is 66.3 Å². The molecule has 34 heavy (non-hydrogen) atoms. The summed E-state index contributed by atoms with van der Waals surface area (Å²) in [7, 11) is 2.15. The van der Waals surface area contributed by atoms with Crippen molar-refractivity contribution in [3.8, 4) is 0 Å². The maximum absolute atomic E-state index is 11.9. The number of piperazine rings is 1. The lowest BCUT2D eigenvalue weighted by Gasteiger charge is -2.34. The van der Waals surface area contributed by atoms with Gasteiger partial charge in [0.15, 0.2) is 5.69 Å². The molecular formula is C23H24F3N5O3. The van der Waals surface area contributed by atoms with Crippen molar-refractivity contribution in [2.45, 2.75) is 6.18 Å². The number of para-hydroxylation sites is 1. The number of carbonyl (C=O) groups excluding carboxylic acids is 1. The van der Waals surface area contributed by atoms with Crippen molar-refractivity contribution < 1.29 is 27.9 Å². The fourth-order valence-electron chi connectivity index (χ4n) is 3.37. The minimum Gasteiger partial charge on any atom is -0.475 e. The van der Waals surface area contributed by atoms with Crippen LogP contribution in [0.3, 0.4) is 0 Å². The minimum atomic E-state index is -5.08. The summed E-state index contributed by atoms with van der Waals surface area (Å²) in [6.45, 7) is 4.21. The normalized spacial score (nSPS) is 14.3. The Bertz CT molecular complexity index is 1160. The van der Waals surface area contributed by atoms with Gasteiger partial charge in [0.1, 0.15) is 0 Å². The predicted molar refractivity (Wildman–Crippen MR) is 123 cm³/mol. The number of aliphatic carboxylic acids is 1. The number of alkyl halides is 3. The Hall–Kier alpha value is -3.86. The van der Waals surface area contributed by atoms with Gasteiger partial charge < -0.3 is 26.0 Å². The molecule has 0 bridgehead atoms. The van der Waals surface area contributed by atoms with E-state index in [0.29, 0.717) is 5.69 Å². The Morgan fingerprint density at radius 1 is 1.03 bits per heavy atom. The van der Waals surface area contributed by atoms with Crippen molar-refractivity contribution in [3.63, 3.8) is 0 Å². The number of anilines is 3. The molecule has 1 amide bonds. The highest BCUT2D eigenvalue weighted by Crippen LogP contribution is 2.26. The second-order valence-corrected chi connectivity index (χ2v) is 7.71. The Balaban J connectivity index is 0.000000406. The predicted octanol–water partition coefficient (Wildman–Crippen LogP) is 3.46. The lowest BCUT2D eigenvalue weighted by molar-refractivity contribution is -0.192. The summed E-state index contributed by atoms with van der Waals surface area (Å²) in [4.78, 5) is 29.9. The number of aromatic nitrogens is 1. The van der Waals surface area contributed by atoms with Crippen LogP contribution in [0.4, 0.5) is 30.2 Å². The fraction of sp³-hybridized carbons (Fsp3) is 0.261. The van der Waals surface area contributed by atoms with E-state index in [0.717, 1.165) is 42.8 Å². The first-order valence-electron chi connectivity index (χ1n) is 10.3. The van der Waals surface area contributed by atoms with E-state index in [9.17, 15) is 18.0 Å². The molecule has 2 aromatic carbocycles. The molecule has 1 saturated heterocycles. The molecule has 1 aromatic heterocycles. The van der Waals surface area contributed by atoms with Crippen molar-refractivity contribution in [2.24, 2.45) is 5.73 Å². The molecule has 4 N–H and O–H groups in total. The summed E-state index contributed by atoms with van der Waals surface area (Å²) >= 11 is 0. The van der Waals surface area contributed by atoms with Crippen LogP contribution in [0, 0.1) is 0 Å². The van der Waals surface area contributed by atoms with Gasteiger partial charge in [0.25, 0.3) is 5.91 Å². The van der Waals surface area contributed by atoms with Crippen LogP contribution < -0.4 is 16.0 Å².